The summed E-state index contributed by atoms with van der Waals surface area (Å²) in [6.45, 7) is 2.45. The quantitative estimate of drug-likeness (QED) is 0.745. The molecular formula is C17H15ClN2O2. The SMILES string of the molecule is CCOc1ccc(-c2[nH]ncc2-c2ccccc2Cl)c(O)c1. The van der Waals surface area contributed by atoms with E-state index in [1.165, 1.54) is 0 Å². The number of nitrogens with zero attached hydrogens (tertiary/aromatic N) is 1. The maximum absolute atomic E-state index is 10.3. The Morgan fingerprint density at radius 3 is 2.68 bits per heavy atom. The van der Waals surface area contributed by atoms with Gasteiger partial charge in [-0.05, 0) is 25.1 Å². The minimum atomic E-state index is 0.128. The molecule has 112 valence electrons. The van der Waals surface area contributed by atoms with Gasteiger partial charge in [-0.2, -0.15) is 5.10 Å². The number of H-pyrrole nitrogens is 1. The third-order valence-electron chi connectivity index (χ3n) is 3.35. The molecule has 0 amide bonds. The standard InChI is InChI=1S/C17H15ClN2O2/c1-2-22-11-7-8-13(16(21)9-11)17-14(10-19-20-17)12-5-3-4-6-15(12)18/h3-10,21H,2H2,1H3,(H,19,20). The fourth-order valence-corrected chi connectivity index (χ4v) is 2.59. The van der Waals surface area contributed by atoms with Crippen molar-refractivity contribution in [1.29, 1.82) is 0 Å². The number of aromatic nitrogens is 2. The van der Waals surface area contributed by atoms with E-state index in [1.54, 1.807) is 18.3 Å². The number of aromatic amines is 1. The van der Waals surface area contributed by atoms with Crippen LogP contribution in [0.5, 0.6) is 11.5 Å². The van der Waals surface area contributed by atoms with Crippen LogP contribution in [0, 0.1) is 0 Å². The Labute approximate surface area is 133 Å². The fraction of sp³-hybridized carbons (Fsp3) is 0.118. The second-order valence-electron chi connectivity index (χ2n) is 4.75. The Morgan fingerprint density at radius 2 is 1.95 bits per heavy atom. The molecule has 0 saturated carbocycles. The number of rotatable bonds is 4. The van der Waals surface area contributed by atoms with Crippen molar-refractivity contribution in [2.75, 3.05) is 6.61 Å². The zero-order valence-electron chi connectivity index (χ0n) is 12.0. The van der Waals surface area contributed by atoms with Gasteiger partial charge in [-0.15, -0.1) is 0 Å². The number of aromatic hydroxyl groups is 1. The molecule has 0 atom stereocenters. The van der Waals surface area contributed by atoms with Crippen molar-refractivity contribution in [3.05, 3.63) is 53.7 Å². The van der Waals surface area contributed by atoms with Gasteiger partial charge in [0.15, 0.2) is 0 Å². The fourth-order valence-electron chi connectivity index (χ4n) is 2.35. The lowest BCUT2D eigenvalue weighted by atomic mass is 10.0. The third kappa shape index (κ3) is 2.65. The lowest BCUT2D eigenvalue weighted by molar-refractivity contribution is 0.338. The van der Waals surface area contributed by atoms with E-state index in [4.69, 9.17) is 16.3 Å². The summed E-state index contributed by atoms with van der Waals surface area (Å²) in [5, 5.41) is 17.9. The number of hydrogen-bond donors (Lipinski definition) is 2. The van der Waals surface area contributed by atoms with Crippen LogP contribution in [0.1, 0.15) is 6.92 Å². The second kappa shape index (κ2) is 6.12. The average molecular weight is 315 g/mol. The van der Waals surface area contributed by atoms with E-state index in [-0.39, 0.29) is 5.75 Å². The summed E-state index contributed by atoms with van der Waals surface area (Å²) in [4.78, 5) is 0. The van der Waals surface area contributed by atoms with E-state index >= 15 is 0 Å². The highest BCUT2D eigenvalue weighted by atomic mass is 35.5. The second-order valence-corrected chi connectivity index (χ2v) is 5.16. The number of phenols is 1. The van der Waals surface area contributed by atoms with Crippen LogP contribution < -0.4 is 4.74 Å². The van der Waals surface area contributed by atoms with Gasteiger partial charge in [0.1, 0.15) is 11.5 Å². The number of benzene rings is 2. The first kappa shape index (κ1) is 14.5. The zero-order valence-corrected chi connectivity index (χ0v) is 12.8. The highest BCUT2D eigenvalue weighted by Crippen LogP contribution is 2.38. The molecule has 0 bridgehead atoms. The van der Waals surface area contributed by atoms with E-state index in [0.29, 0.717) is 28.6 Å². The Balaban J connectivity index is 2.08. The van der Waals surface area contributed by atoms with Crippen LogP contribution in [-0.4, -0.2) is 21.9 Å². The smallest absolute Gasteiger partial charge is 0.128 e. The van der Waals surface area contributed by atoms with Gasteiger partial charge in [0.2, 0.25) is 0 Å². The largest absolute Gasteiger partial charge is 0.507 e. The van der Waals surface area contributed by atoms with Crippen molar-refractivity contribution in [1.82, 2.24) is 10.2 Å². The maximum Gasteiger partial charge on any atom is 0.128 e. The maximum atomic E-state index is 10.3. The lowest BCUT2D eigenvalue weighted by Crippen LogP contribution is -1.91. The van der Waals surface area contributed by atoms with Crippen molar-refractivity contribution in [2.24, 2.45) is 0 Å². The Morgan fingerprint density at radius 1 is 1.14 bits per heavy atom. The highest BCUT2D eigenvalue weighted by molar-refractivity contribution is 6.33. The molecule has 0 aliphatic rings. The van der Waals surface area contributed by atoms with Gasteiger partial charge in [0.25, 0.3) is 0 Å². The molecule has 4 nitrogen and oxygen atoms in total. The van der Waals surface area contributed by atoms with E-state index in [2.05, 4.69) is 10.2 Å². The number of ether oxygens (including phenoxy) is 1. The van der Waals surface area contributed by atoms with Crippen molar-refractivity contribution >= 4 is 11.6 Å². The summed E-state index contributed by atoms with van der Waals surface area (Å²) in [5.41, 5.74) is 3.07. The number of phenolic OH excluding ortho intramolecular Hbond substituents is 1. The summed E-state index contributed by atoms with van der Waals surface area (Å²) < 4.78 is 5.39. The number of hydrogen-bond acceptors (Lipinski definition) is 3. The van der Waals surface area contributed by atoms with Gasteiger partial charge in [-0.1, -0.05) is 29.8 Å². The molecule has 0 saturated heterocycles. The topological polar surface area (TPSA) is 58.1 Å². The molecule has 3 aromatic rings. The molecule has 5 heteroatoms. The van der Waals surface area contributed by atoms with E-state index in [0.717, 1.165) is 11.1 Å². The van der Waals surface area contributed by atoms with Crippen LogP contribution in [0.15, 0.2) is 48.7 Å². The molecule has 22 heavy (non-hydrogen) atoms. The minimum absolute atomic E-state index is 0.128. The first-order valence-corrected chi connectivity index (χ1v) is 7.33. The Bertz CT molecular complexity index is 799. The predicted molar refractivity (Wildman–Crippen MR) is 87.3 cm³/mol. The predicted octanol–water partition coefficient (Wildman–Crippen LogP) is 4.50. The Kier molecular flexibility index (Phi) is 4.02. The first-order chi connectivity index (χ1) is 10.7. The highest BCUT2D eigenvalue weighted by Gasteiger charge is 2.15. The van der Waals surface area contributed by atoms with Crippen molar-refractivity contribution in [3.63, 3.8) is 0 Å². The van der Waals surface area contributed by atoms with Gasteiger partial charge in [-0.25, -0.2) is 0 Å². The van der Waals surface area contributed by atoms with Crippen LogP contribution in [0.4, 0.5) is 0 Å². The number of nitrogens with one attached hydrogen (secondary N) is 1. The molecule has 2 aromatic carbocycles. The molecule has 1 aromatic heterocycles. The van der Waals surface area contributed by atoms with Crippen molar-refractivity contribution in [2.45, 2.75) is 6.92 Å². The van der Waals surface area contributed by atoms with Crippen molar-refractivity contribution < 1.29 is 9.84 Å². The van der Waals surface area contributed by atoms with Crippen molar-refractivity contribution in [3.8, 4) is 33.9 Å². The lowest BCUT2D eigenvalue weighted by Gasteiger charge is -2.09. The normalized spacial score (nSPS) is 10.6. The van der Waals surface area contributed by atoms with Gasteiger partial charge in [0.05, 0.1) is 18.5 Å². The summed E-state index contributed by atoms with van der Waals surface area (Å²) in [7, 11) is 0. The summed E-state index contributed by atoms with van der Waals surface area (Å²) in [6.07, 6.45) is 1.70. The van der Waals surface area contributed by atoms with Gasteiger partial charge in [-0.3, -0.25) is 5.10 Å². The molecule has 3 rings (SSSR count). The van der Waals surface area contributed by atoms with E-state index in [9.17, 15) is 5.11 Å². The molecule has 2 N–H and O–H groups in total. The molecule has 0 spiro atoms. The zero-order chi connectivity index (χ0) is 15.5. The molecule has 0 unspecified atom stereocenters. The molecule has 0 aliphatic carbocycles. The monoisotopic (exact) mass is 314 g/mol. The average Bonchev–Trinajstić information content (AvgIpc) is 2.97. The van der Waals surface area contributed by atoms with Gasteiger partial charge < -0.3 is 9.84 Å². The first-order valence-electron chi connectivity index (χ1n) is 6.95. The van der Waals surface area contributed by atoms with Crippen LogP contribution in [0.2, 0.25) is 5.02 Å². The summed E-state index contributed by atoms with van der Waals surface area (Å²) in [5.74, 6) is 0.756. The molecule has 0 aliphatic heterocycles. The molecule has 0 radical (unpaired) electrons. The summed E-state index contributed by atoms with van der Waals surface area (Å²) in [6, 6.07) is 12.7. The summed E-state index contributed by atoms with van der Waals surface area (Å²) >= 11 is 6.26. The van der Waals surface area contributed by atoms with Crippen LogP contribution in [0.3, 0.4) is 0 Å². The van der Waals surface area contributed by atoms with Crippen LogP contribution >= 0.6 is 11.6 Å². The van der Waals surface area contributed by atoms with Gasteiger partial charge in [0, 0.05) is 27.8 Å². The van der Waals surface area contributed by atoms with Crippen LogP contribution in [0.25, 0.3) is 22.4 Å². The number of halogens is 1. The van der Waals surface area contributed by atoms with E-state index in [1.807, 2.05) is 37.3 Å². The molecule has 0 fully saturated rings. The third-order valence-corrected chi connectivity index (χ3v) is 3.68. The van der Waals surface area contributed by atoms with E-state index < -0.39 is 0 Å². The Hall–Kier alpha value is -2.46. The van der Waals surface area contributed by atoms with Crippen LogP contribution in [-0.2, 0) is 0 Å². The molecular weight excluding hydrogens is 300 g/mol. The molecule has 1 heterocycles. The van der Waals surface area contributed by atoms with Gasteiger partial charge >= 0.3 is 0 Å². The minimum Gasteiger partial charge on any atom is -0.507 e.